The lowest BCUT2D eigenvalue weighted by atomic mass is 10.1. The third-order valence-electron chi connectivity index (χ3n) is 3.37. The number of benzene rings is 2. The standard InChI is InChI=1S/C17H13N3O3/c18-8-7-11-1-4-13(5-2-11)19-17(22)12-3-6-14-15(9-12)23-10-16(21)20-14/h1-6,9H,7,10H2,(H,19,22)(H,20,21). The Bertz CT molecular complexity index is 807. The fraction of sp³-hybridized carbons (Fsp3) is 0.118. The maximum absolute atomic E-state index is 12.3. The molecule has 0 radical (unpaired) electrons. The van der Waals surface area contributed by atoms with Crippen LogP contribution in [0.5, 0.6) is 5.75 Å². The molecule has 0 saturated heterocycles. The average molecular weight is 307 g/mol. The normalized spacial score (nSPS) is 12.4. The summed E-state index contributed by atoms with van der Waals surface area (Å²) in [5, 5.41) is 14.1. The number of rotatable bonds is 3. The van der Waals surface area contributed by atoms with E-state index in [0.717, 1.165) is 5.56 Å². The van der Waals surface area contributed by atoms with Crippen LogP contribution < -0.4 is 15.4 Å². The zero-order valence-corrected chi connectivity index (χ0v) is 12.1. The Morgan fingerprint density at radius 3 is 2.78 bits per heavy atom. The van der Waals surface area contributed by atoms with Gasteiger partial charge >= 0.3 is 0 Å². The summed E-state index contributed by atoms with van der Waals surface area (Å²) in [6.45, 7) is -0.0571. The summed E-state index contributed by atoms with van der Waals surface area (Å²) in [7, 11) is 0. The van der Waals surface area contributed by atoms with E-state index in [2.05, 4.69) is 16.7 Å². The number of nitrogens with zero attached hydrogens (tertiary/aromatic N) is 1. The van der Waals surface area contributed by atoms with Gasteiger partial charge in [0.1, 0.15) is 5.75 Å². The first-order chi connectivity index (χ1) is 11.2. The molecule has 0 saturated carbocycles. The molecular formula is C17H13N3O3. The smallest absolute Gasteiger partial charge is 0.262 e. The molecule has 6 heteroatoms. The van der Waals surface area contributed by atoms with Crippen molar-refractivity contribution in [3.8, 4) is 11.8 Å². The van der Waals surface area contributed by atoms with Crippen molar-refractivity contribution >= 4 is 23.2 Å². The number of nitrogens with one attached hydrogen (secondary N) is 2. The molecule has 2 N–H and O–H groups in total. The fourth-order valence-electron chi connectivity index (χ4n) is 2.22. The average Bonchev–Trinajstić information content (AvgIpc) is 2.56. The highest BCUT2D eigenvalue weighted by Crippen LogP contribution is 2.28. The number of fused-ring (bicyclic) bond motifs is 1. The zero-order chi connectivity index (χ0) is 16.2. The number of hydrogen-bond acceptors (Lipinski definition) is 4. The molecule has 0 aliphatic carbocycles. The first-order valence-corrected chi connectivity index (χ1v) is 6.99. The van der Waals surface area contributed by atoms with Crippen molar-refractivity contribution in [3.63, 3.8) is 0 Å². The Hall–Kier alpha value is -3.33. The highest BCUT2D eigenvalue weighted by Gasteiger charge is 2.17. The zero-order valence-electron chi connectivity index (χ0n) is 12.1. The van der Waals surface area contributed by atoms with Gasteiger partial charge in [0.25, 0.3) is 11.8 Å². The third kappa shape index (κ3) is 3.30. The van der Waals surface area contributed by atoms with E-state index >= 15 is 0 Å². The van der Waals surface area contributed by atoms with E-state index in [1.54, 1.807) is 42.5 Å². The summed E-state index contributed by atoms with van der Waals surface area (Å²) in [5.74, 6) is -0.0184. The van der Waals surface area contributed by atoms with E-state index in [-0.39, 0.29) is 18.4 Å². The van der Waals surface area contributed by atoms with Crippen LogP contribution in [0.3, 0.4) is 0 Å². The monoisotopic (exact) mass is 307 g/mol. The molecule has 1 aliphatic heterocycles. The molecule has 114 valence electrons. The molecule has 0 bridgehead atoms. The number of hydrogen-bond donors (Lipinski definition) is 2. The summed E-state index contributed by atoms with van der Waals surface area (Å²) in [6, 6.07) is 14.0. The number of carbonyl (C=O) groups excluding carboxylic acids is 2. The molecule has 3 rings (SSSR count). The van der Waals surface area contributed by atoms with Crippen LogP contribution in [0.2, 0.25) is 0 Å². The van der Waals surface area contributed by atoms with Gasteiger partial charge in [-0.3, -0.25) is 9.59 Å². The van der Waals surface area contributed by atoms with Crippen molar-refractivity contribution < 1.29 is 14.3 Å². The molecule has 23 heavy (non-hydrogen) atoms. The molecule has 6 nitrogen and oxygen atoms in total. The molecule has 2 amide bonds. The molecular weight excluding hydrogens is 294 g/mol. The first-order valence-electron chi connectivity index (χ1n) is 6.99. The van der Waals surface area contributed by atoms with Gasteiger partial charge < -0.3 is 15.4 Å². The number of amides is 2. The Kier molecular flexibility index (Phi) is 3.93. The topological polar surface area (TPSA) is 91.2 Å². The summed E-state index contributed by atoms with van der Waals surface area (Å²) < 4.78 is 5.30. The highest BCUT2D eigenvalue weighted by atomic mass is 16.5. The summed E-state index contributed by atoms with van der Waals surface area (Å²) >= 11 is 0. The second-order valence-corrected chi connectivity index (χ2v) is 5.03. The first kappa shape index (κ1) is 14.6. The molecule has 2 aromatic rings. The van der Waals surface area contributed by atoms with Gasteiger partial charge in [0, 0.05) is 11.3 Å². The maximum atomic E-state index is 12.3. The molecule has 1 heterocycles. The number of ether oxygens (including phenoxy) is 1. The lowest BCUT2D eigenvalue weighted by molar-refractivity contribution is -0.118. The maximum Gasteiger partial charge on any atom is 0.262 e. The van der Waals surface area contributed by atoms with Gasteiger partial charge in [0.05, 0.1) is 18.2 Å². The van der Waals surface area contributed by atoms with Crippen molar-refractivity contribution in [2.45, 2.75) is 6.42 Å². The van der Waals surface area contributed by atoms with Crippen LogP contribution in [0.4, 0.5) is 11.4 Å². The van der Waals surface area contributed by atoms with Crippen LogP contribution in [0.25, 0.3) is 0 Å². The van der Waals surface area contributed by atoms with Crippen LogP contribution in [0.1, 0.15) is 15.9 Å². The molecule has 0 spiro atoms. The predicted octanol–water partition coefficient (Wildman–Crippen LogP) is 2.34. The number of carbonyl (C=O) groups is 2. The Morgan fingerprint density at radius 2 is 2.04 bits per heavy atom. The van der Waals surface area contributed by atoms with E-state index in [0.29, 0.717) is 29.1 Å². The van der Waals surface area contributed by atoms with Crippen LogP contribution >= 0.6 is 0 Å². The lowest BCUT2D eigenvalue weighted by Crippen LogP contribution is -2.25. The van der Waals surface area contributed by atoms with Crippen molar-refractivity contribution in [2.75, 3.05) is 17.2 Å². The van der Waals surface area contributed by atoms with Gasteiger partial charge in [-0.05, 0) is 35.9 Å². The van der Waals surface area contributed by atoms with Crippen molar-refractivity contribution in [3.05, 3.63) is 53.6 Å². The van der Waals surface area contributed by atoms with Gasteiger partial charge in [-0.2, -0.15) is 5.26 Å². The molecule has 0 fully saturated rings. The molecule has 0 unspecified atom stereocenters. The number of nitriles is 1. The second kappa shape index (κ2) is 6.20. The Balaban J connectivity index is 1.73. The van der Waals surface area contributed by atoms with Gasteiger partial charge in [0.2, 0.25) is 0 Å². The van der Waals surface area contributed by atoms with Gasteiger partial charge in [0.15, 0.2) is 6.61 Å². The van der Waals surface area contributed by atoms with Crippen molar-refractivity contribution in [2.24, 2.45) is 0 Å². The minimum absolute atomic E-state index is 0.0571. The Morgan fingerprint density at radius 1 is 1.26 bits per heavy atom. The van der Waals surface area contributed by atoms with Crippen LogP contribution in [-0.2, 0) is 11.2 Å². The quantitative estimate of drug-likeness (QED) is 0.910. The molecule has 2 aromatic carbocycles. The molecule has 1 aliphatic rings. The Labute approximate surface area is 132 Å². The van der Waals surface area contributed by atoms with E-state index < -0.39 is 0 Å². The lowest BCUT2D eigenvalue weighted by Gasteiger charge is -2.18. The van der Waals surface area contributed by atoms with Gasteiger partial charge in [-0.25, -0.2) is 0 Å². The fourth-order valence-corrected chi connectivity index (χ4v) is 2.22. The third-order valence-corrected chi connectivity index (χ3v) is 3.37. The summed E-state index contributed by atoms with van der Waals surface area (Å²) in [6.07, 6.45) is 0.335. The summed E-state index contributed by atoms with van der Waals surface area (Å²) in [5.41, 5.74) is 2.52. The van der Waals surface area contributed by atoms with E-state index in [1.807, 2.05) is 0 Å². The SMILES string of the molecule is N#CCc1ccc(NC(=O)c2ccc3c(c2)OCC(=O)N3)cc1. The van der Waals surface area contributed by atoms with Crippen molar-refractivity contribution in [1.29, 1.82) is 5.26 Å². The van der Waals surface area contributed by atoms with Gasteiger partial charge in [-0.15, -0.1) is 0 Å². The summed E-state index contributed by atoms with van der Waals surface area (Å²) in [4.78, 5) is 23.5. The molecule has 0 aromatic heterocycles. The number of anilines is 2. The molecule has 0 atom stereocenters. The minimum Gasteiger partial charge on any atom is -0.482 e. The second-order valence-electron chi connectivity index (χ2n) is 5.03. The van der Waals surface area contributed by atoms with E-state index in [4.69, 9.17) is 10.00 Å². The van der Waals surface area contributed by atoms with E-state index in [9.17, 15) is 9.59 Å². The largest absolute Gasteiger partial charge is 0.482 e. The van der Waals surface area contributed by atoms with Gasteiger partial charge in [-0.1, -0.05) is 12.1 Å². The van der Waals surface area contributed by atoms with Crippen LogP contribution in [0.15, 0.2) is 42.5 Å². The van der Waals surface area contributed by atoms with Crippen molar-refractivity contribution in [1.82, 2.24) is 0 Å². The highest BCUT2D eigenvalue weighted by molar-refractivity contribution is 6.05. The van der Waals surface area contributed by atoms with Crippen LogP contribution in [0, 0.1) is 11.3 Å². The van der Waals surface area contributed by atoms with Crippen LogP contribution in [-0.4, -0.2) is 18.4 Å². The van der Waals surface area contributed by atoms with E-state index in [1.165, 1.54) is 0 Å². The predicted molar refractivity (Wildman–Crippen MR) is 84.3 cm³/mol. The minimum atomic E-state index is -0.277.